The number of para-hydroxylation sites is 1. The van der Waals surface area contributed by atoms with Gasteiger partial charge in [0.25, 0.3) is 10.0 Å². The van der Waals surface area contributed by atoms with Crippen molar-refractivity contribution in [2.24, 2.45) is 0 Å². The van der Waals surface area contributed by atoms with Crippen molar-refractivity contribution in [1.82, 2.24) is 10.2 Å². The van der Waals surface area contributed by atoms with Crippen molar-refractivity contribution in [2.45, 2.75) is 57.5 Å². The summed E-state index contributed by atoms with van der Waals surface area (Å²) in [6.45, 7) is 5.78. The molecule has 0 aliphatic heterocycles. The van der Waals surface area contributed by atoms with Gasteiger partial charge in [0.05, 0.1) is 17.7 Å². The van der Waals surface area contributed by atoms with Crippen molar-refractivity contribution in [3.63, 3.8) is 0 Å². The van der Waals surface area contributed by atoms with Crippen LogP contribution in [-0.4, -0.2) is 51.4 Å². The molecule has 4 rings (SSSR count). The molecule has 2 amide bonds. The summed E-state index contributed by atoms with van der Waals surface area (Å²) in [5, 5.41) is 3.01. The van der Waals surface area contributed by atoms with Crippen molar-refractivity contribution in [2.75, 3.05) is 24.5 Å². The second kappa shape index (κ2) is 16.1. The van der Waals surface area contributed by atoms with Crippen LogP contribution in [0.1, 0.15) is 42.0 Å². The maximum absolute atomic E-state index is 14.6. The number of methoxy groups -OCH3 is 1. The molecule has 1 N–H and O–H groups in total. The Morgan fingerprint density at radius 1 is 0.848 bits per heavy atom. The zero-order valence-corrected chi connectivity index (χ0v) is 27.8. The van der Waals surface area contributed by atoms with Crippen molar-refractivity contribution in [1.29, 1.82) is 0 Å². The Kier molecular flexibility index (Phi) is 12.0. The summed E-state index contributed by atoms with van der Waals surface area (Å²) in [6.07, 6.45) is 1.95. The van der Waals surface area contributed by atoms with Crippen LogP contribution in [0.15, 0.2) is 108 Å². The summed E-state index contributed by atoms with van der Waals surface area (Å²) < 4.78 is 35.0. The Bertz CT molecular complexity index is 1710. The number of carbonyl (C=O) groups is 2. The van der Waals surface area contributed by atoms with Gasteiger partial charge in [-0.25, -0.2) is 8.42 Å². The van der Waals surface area contributed by atoms with E-state index in [2.05, 4.69) is 5.32 Å². The second-order valence-electron chi connectivity index (χ2n) is 11.3. The number of hydrogen-bond donors (Lipinski definition) is 1. The fraction of sp³-hybridized carbons (Fsp3) is 0.297. The van der Waals surface area contributed by atoms with Crippen LogP contribution < -0.4 is 14.4 Å². The summed E-state index contributed by atoms with van der Waals surface area (Å²) >= 11 is 0. The molecule has 0 aliphatic rings. The molecule has 0 unspecified atom stereocenters. The van der Waals surface area contributed by atoms with Crippen molar-refractivity contribution in [3.05, 3.63) is 125 Å². The van der Waals surface area contributed by atoms with E-state index < -0.39 is 28.5 Å². The number of unbranched alkanes of at least 4 members (excludes halogenated alkanes) is 1. The molecule has 0 aliphatic carbocycles. The monoisotopic (exact) mass is 641 g/mol. The van der Waals surface area contributed by atoms with Gasteiger partial charge in [-0.05, 0) is 67.3 Å². The molecule has 4 aromatic carbocycles. The Balaban J connectivity index is 1.81. The van der Waals surface area contributed by atoms with Crippen LogP contribution >= 0.6 is 0 Å². The van der Waals surface area contributed by atoms with Gasteiger partial charge in [0.1, 0.15) is 18.3 Å². The molecule has 0 radical (unpaired) electrons. The van der Waals surface area contributed by atoms with Crippen LogP contribution in [0.3, 0.4) is 0 Å². The number of hydrogen-bond acceptors (Lipinski definition) is 5. The van der Waals surface area contributed by atoms with Gasteiger partial charge in [-0.15, -0.1) is 0 Å². The lowest BCUT2D eigenvalue weighted by molar-refractivity contribution is -0.140. The van der Waals surface area contributed by atoms with E-state index in [-0.39, 0.29) is 23.8 Å². The summed E-state index contributed by atoms with van der Waals surface area (Å²) in [7, 11) is -2.60. The first kappa shape index (κ1) is 34.2. The molecule has 1 atom stereocenters. The second-order valence-corrected chi connectivity index (χ2v) is 13.2. The molecule has 46 heavy (non-hydrogen) atoms. The first-order valence-electron chi connectivity index (χ1n) is 15.5. The van der Waals surface area contributed by atoms with Crippen LogP contribution in [-0.2, 0) is 32.6 Å². The fourth-order valence-electron chi connectivity index (χ4n) is 5.22. The summed E-state index contributed by atoms with van der Waals surface area (Å²) in [5.74, 6) is -0.189. The van der Waals surface area contributed by atoms with E-state index in [1.807, 2.05) is 87.5 Å². The summed E-state index contributed by atoms with van der Waals surface area (Å²) in [5.41, 5.74) is 3.63. The predicted octanol–water partition coefficient (Wildman–Crippen LogP) is 6.06. The standard InChI is InChI=1S/C37H43N3O5S/c1-5-6-23-38-37(42)35(25-30-14-8-7-9-15-30)39(26-31-16-12-17-32(24-31)45-4)36(41)27-40(34-18-11-10-13-29(34)3)46(43,44)33-21-19-28(2)20-22-33/h7-22,24,35H,5-6,23,25-27H2,1-4H3,(H,38,42)/t35-/m0/s1. The van der Waals surface area contributed by atoms with E-state index in [0.717, 1.165) is 33.8 Å². The molecule has 0 bridgehead atoms. The molecule has 0 spiro atoms. The third-order valence-corrected chi connectivity index (χ3v) is 9.63. The third-order valence-electron chi connectivity index (χ3n) is 7.86. The van der Waals surface area contributed by atoms with Gasteiger partial charge in [-0.2, -0.15) is 0 Å². The molecule has 0 fully saturated rings. The average Bonchev–Trinajstić information content (AvgIpc) is 3.06. The van der Waals surface area contributed by atoms with E-state index in [0.29, 0.717) is 23.5 Å². The topological polar surface area (TPSA) is 96.0 Å². The average molecular weight is 642 g/mol. The highest BCUT2D eigenvalue weighted by Crippen LogP contribution is 2.28. The van der Waals surface area contributed by atoms with Gasteiger partial charge in [0, 0.05) is 19.5 Å². The molecule has 0 saturated carbocycles. The quantitative estimate of drug-likeness (QED) is 0.159. The molecule has 0 saturated heterocycles. The molecular formula is C37H43N3O5S. The number of nitrogens with one attached hydrogen (secondary N) is 1. The van der Waals surface area contributed by atoms with Gasteiger partial charge in [0.2, 0.25) is 11.8 Å². The number of ether oxygens (including phenoxy) is 1. The molecule has 4 aromatic rings. The highest BCUT2D eigenvalue weighted by Gasteiger charge is 2.35. The molecule has 242 valence electrons. The Labute approximate surface area is 273 Å². The predicted molar refractivity (Wildman–Crippen MR) is 182 cm³/mol. The van der Waals surface area contributed by atoms with Crippen LogP contribution in [0.2, 0.25) is 0 Å². The number of amides is 2. The molecular weight excluding hydrogens is 598 g/mol. The zero-order valence-electron chi connectivity index (χ0n) is 27.0. The smallest absolute Gasteiger partial charge is 0.264 e. The summed E-state index contributed by atoms with van der Waals surface area (Å²) in [6, 6.07) is 29.6. The van der Waals surface area contributed by atoms with Crippen molar-refractivity contribution >= 4 is 27.5 Å². The van der Waals surface area contributed by atoms with Crippen LogP contribution in [0.4, 0.5) is 5.69 Å². The Hall–Kier alpha value is -4.63. The van der Waals surface area contributed by atoms with E-state index in [1.54, 1.807) is 43.5 Å². The Morgan fingerprint density at radius 2 is 1.52 bits per heavy atom. The lowest BCUT2D eigenvalue weighted by atomic mass is 10.0. The maximum atomic E-state index is 14.6. The van der Waals surface area contributed by atoms with Gasteiger partial charge < -0.3 is 15.0 Å². The zero-order chi connectivity index (χ0) is 33.1. The van der Waals surface area contributed by atoms with Crippen LogP contribution in [0.25, 0.3) is 0 Å². The highest BCUT2D eigenvalue weighted by molar-refractivity contribution is 7.92. The molecule has 0 aromatic heterocycles. The van der Waals surface area contributed by atoms with Crippen molar-refractivity contribution < 1.29 is 22.7 Å². The normalized spacial score (nSPS) is 11.8. The maximum Gasteiger partial charge on any atom is 0.264 e. The molecule has 8 nitrogen and oxygen atoms in total. The van der Waals surface area contributed by atoms with Crippen LogP contribution in [0, 0.1) is 13.8 Å². The minimum Gasteiger partial charge on any atom is -0.497 e. The number of nitrogens with zero attached hydrogens (tertiary/aromatic N) is 2. The minimum atomic E-state index is -4.16. The lowest BCUT2D eigenvalue weighted by Crippen LogP contribution is -2.53. The highest BCUT2D eigenvalue weighted by atomic mass is 32.2. The van der Waals surface area contributed by atoms with Gasteiger partial charge in [0.15, 0.2) is 0 Å². The van der Waals surface area contributed by atoms with E-state index >= 15 is 0 Å². The lowest BCUT2D eigenvalue weighted by Gasteiger charge is -2.34. The Morgan fingerprint density at radius 3 is 2.20 bits per heavy atom. The van der Waals surface area contributed by atoms with Gasteiger partial charge in [-0.1, -0.05) is 91.7 Å². The van der Waals surface area contributed by atoms with Crippen LogP contribution in [0.5, 0.6) is 5.75 Å². The minimum absolute atomic E-state index is 0.0704. The van der Waals surface area contributed by atoms with E-state index in [9.17, 15) is 18.0 Å². The van der Waals surface area contributed by atoms with Gasteiger partial charge in [-0.3, -0.25) is 13.9 Å². The number of anilines is 1. The molecule has 9 heteroatoms. The fourth-order valence-corrected chi connectivity index (χ4v) is 6.70. The van der Waals surface area contributed by atoms with Crippen molar-refractivity contribution in [3.8, 4) is 5.75 Å². The number of sulfonamides is 1. The number of carbonyl (C=O) groups excluding carboxylic acids is 2. The number of aryl methyl sites for hydroxylation is 2. The first-order valence-corrected chi connectivity index (χ1v) is 17.0. The third kappa shape index (κ3) is 8.75. The van der Waals surface area contributed by atoms with E-state index in [4.69, 9.17) is 4.74 Å². The van der Waals surface area contributed by atoms with E-state index in [1.165, 1.54) is 4.90 Å². The first-order chi connectivity index (χ1) is 22.1. The SMILES string of the molecule is CCCCNC(=O)[C@H](Cc1ccccc1)N(Cc1cccc(OC)c1)C(=O)CN(c1ccccc1C)S(=O)(=O)c1ccc(C)cc1. The summed E-state index contributed by atoms with van der Waals surface area (Å²) in [4.78, 5) is 30.1. The van der Waals surface area contributed by atoms with Gasteiger partial charge >= 0.3 is 0 Å². The number of benzene rings is 4. The number of rotatable bonds is 15. The largest absolute Gasteiger partial charge is 0.497 e. The molecule has 0 heterocycles.